The molecule has 0 amide bonds. The first-order valence-electron chi connectivity index (χ1n) is 5.35. The summed E-state index contributed by atoms with van der Waals surface area (Å²) in [4.78, 5) is 4.33. The second-order valence-electron chi connectivity index (χ2n) is 4.18. The molecular weight excluding hydrogens is 190 g/mol. The minimum atomic E-state index is 0.0935. The van der Waals surface area contributed by atoms with E-state index in [1.165, 1.54) is 12.8 Å². The average Bonchev–Trinajstić information content (AvgIpc) is 2.94. The fourth-order valence-electron chi connectivity index (χ4n) is 1.29. The molecule has 4 heteroatoms. The molecule has 0 atom stereocenters. The third kappa shape index (κ3) is 2.75. The van der Waals surface area contributed by atoms with Gasteiger partial charge in [-0.15, -0.1) is 0 Å². The van der Waals surface area contributed by atoms with Gasteiger partial charge in [0, 0.05) is 6.04 Å². The summed E-state index contributed by atoms with van der Waals surface area (Å²) in [6.07, 6.45) is 2.55. The average molecular weight is 207 g/mol. The number of nitrogen functional groups attached to an aromatic ring is 1. The number of rotatable bonds is 4. The molecule has 82 valence electrons. The van der Waals surface area contributed by atoms with Crippen molar-refractivity contribution < 1.29 is 4.74 Å². The normalized spacial score (nSPS) is 15.4. The summed E-state index contributed by atoms with van der Waals surface area (Å²) >= 11 is 0. The van der Waals surface area contributed by atoms with Gasteiger partial charge in [0.2, 0.25) is 5.88 Å². The first kappa shape index (κ1) is 10.1. The minimum Gasteiger partial charge on any atom is -0.473 e. The highest BCUT2D eigenvalue weighted by molar-refractivity contribution is 5.54. The molecule has 1 aliphatic rings. The molecule has 0 aromatic carbocycles. The van der Waals surface area contributed by atoms with E-state index in [1.54, 1.807) is 0 Å². The number of hydrogen-bond acceptors (Lipinski definition) is 4. The van der Waals surface area contributed by atoms with Crippen LogP contribution in [0.1, 0.15) is 26.7 Å². The Kier molecular flexibility index (Phi) is 2.66. The van der Waals surface area contributed by atoms with E-state index in [9.17, 15) is 0 Å². The number of nitrogens with two attached hydrogens (primary N) is 1. The lowest BCUT2D eigenvalue weighted by atomic mass is 10.4. The number of ether oxygens (including phenoxy) is 1. The van der Waals surface area contributed by atoms with Crippen molar-refractivity contribution >= 4 is 11.5 Å². The Morgan fingerprint density at radius 1 is 1.47 bits per heavy atom. The maximum Gasteiger partial charge on any atom is 0.239 e. The van der Waals surface area contributed by atoms with Gasteiger partial charge in [0.15, 0.2) is 0 Å². The first-order valence-corrected chi connectivity index (χ1v) is 5.35. The van der Waals surface area contributed by atoms with Gasteiger partial charge in [0.05, 0.1) is 11.8 Å². The van der Waals surface area contributed by atoms with Crippen LogP contribution in [0.25, 0.3) is 0 Å². The van der Waals surface area contributed by atoms with E-state index in [-0.39, 0.29) is 6.10 Å². The summed E-state index contributed by atoms with van der Waals surface area (Å²) in [6, 6.07) is 4.31. The Bertz CT molecular complexity index is 348. The molecule has 0 saturated heterocycles. The zero-order valence-electron chi connectivity index (χ0n) is 9.16. The molecule has 1 saturated carbocycles. The third-order valence-electron chi connectivity index (χ3n) is 2.17. The second kappa shape index (κ2) is 3.96. The van der Waals surface area contributed by atoms with Gasteiger partial charge in [-0.1, -0.05) is 0 Å². The number of hydrogen-bond donors (Lipinski definition) is 2. The highest BCUT2D eigenvalue weighted by Gasteiger charge is 2.21. The lowest BCUT2D eigenvalue weighted by Gasteiger charge is -2.12. The van der Waals surface area contributed by atoms with Crippen LogP contribution in [0, 0.1) is 0 Å². The predicted molar refractivity (Wildman–Crippen MR) is 61.1 cm³/mol. The quantitative estimate of drug-likeness (QED) is 0.793. The SMILES string of the molecule is CC(C)Oc1nc(NC2CC2)ccc1N. The van der Waals surface area contributed by atoms with Gasteiger partial charge >= 0.3 is 0 Å². The molecule has 1 aromatic rings. The zero-order valence-corrected chi connectivity index (χ0v) is 9.16. The molecule has 0 radical (unpaired) electrons. The monoisotopic (exact) mass is 207 g/mol. The topological polar surface area (TPSA) is 60.2 Å². The molecule has 0 unspecified atom stereocenters. The van der Waals surface area contributed by atoms with Gasteiger partial charge in [0.25, 0.3) is 0 Å². The standard InChI is InChI=1S/C11H17N3O/c1-7(2)15-11-9(12)5-6-10(14-11)13-8-3-4-8/h5-8H,3-4,12H2,1-2H3,(H,13,14). The molecule has 0 aliphatic heterocycles. The number of aromatic nitrogens is 1. The van der Waals surface area contributed by atoms with E-state index in [1.807, 2.05) is 26.0 Å². The van der Waals surface area contributed by atoms with Crippen LogP contribution in [0.15, 0.2) is 12.1 Å². The Balaban J connectivity index is 2.11. The lowest BCUT2D eigenvalue weighted by molar-refractivity contribution is 0.234. The van der Waals surface area contributed by atoms with Crippen molar-refractivity contribution in [2.24, 2.45) is 0 Å². The fourth-order valence-corrected chi connectivity index (χ4v) is 1.29. The summed E-state index contributed by atoms with van der Waals surface area (Å²) < 4.78 is 5.51. The van der Waals surface area contributed by atoms with Crippen LogP contribution in [0.2, 0.25) is 0 Å². The summed E-state index contributed by atoms with van der Waals surface area (Å²) in [7, 11) is 0. The van der Waals surface area contributed by atoms with Gasteiger partial charge in [-0.2, -0.15) is 4.98 Å². The molecule has 1 aliphatic carbocycles. The number of nitrogens with one attached hydrogen (secondary N) is 1. The van der Waals surface area contributed by atoms with Crippen molar-refractivity contribution in [3.63, 3.8) is 0 Å². The van der Waals surface area contributed by atoms with Crippen LogP contribution in [-0.4, -0.2) is 17.1 Å². The van der Waals surface area contributed by atoms with Crippen LogP contribution < -0.4 is 15.8 Å². The molecule has 15 heavy (non-hydrogen) atoms. The highest BCUT2D eigenvalue weighted by atomic mass is 16.5. The van der Waals surface area contributed by atoms with Crippen molar-refractivity contribution in [2.75, 3.05) is 11.1 Å². The van der Waals surface area contributed by atoms with E-state index >= 15 is 0 Å². The summed E-state index contributed by atoms with van der Waals surface area (Å²) in [5.41, 5.74) is 6.36. The Hall–Kier alpha value is -1.45. The molecule has 0 bridgehead atoms. The third-order valence-corrected chi connectivity index (χ3v) is 2.17. The molecule has 1 aromatic heterocycles. The molecular formula is C11H17N3O. The maximum atomic E-state index is 5.77. The van der Waals surface area contributed by atoms with Crippen molar-refractivity contribution in [2.45, 2.75) is 38.8 Å². The molecule has 3 N–H and O–H groups in total. The Morgan fingerprint density at radius 3 is 2.80 bits per heavy atom. The largest absolute Gasteiger partial charge is 0.473 e. The number of anilines is 2. The van der Waals surface area contributed by atoms with Crippen LogP contribution in [0.3, 0.4) is 0 Å². The van der Waals surface area contributed by atoms with E-state index in [4.69, 9.17) is 10.5 Å². The summed E-state index contributed by atoms with van der Waals surface area (Å²) in [5, 5.41) is 3.31. The van der Waals surface area contributed by atoms with Crippen molar-refractivity contribution in [1.29, 1.82) is 0 Å². The predicted octanol–water partition coefficient (Wildman–Crippen LogP) is 2.03. The van der Waals surface area contributed by atoms with E-state index in [2.05, 4.69) is 10.3 Å². The Morgan fingerprint density at radius 2 is 2.20 bits per heavy atom. The molecule has 4 nitrogen and oxygen atoms in total. The first-order chi connectivity index (χ1) is 7.15. The van der Waals surface area contributed by atoms with Crippen molar-refractivity contribution in [3.8, 4) is 5.88 Å². The van der Waals surface area contributed by atoms with Gasteiger partial charge < -0.3 is 15.8 Å². The Labute approximate surface area is 89.8 Å². The van der Waals surface area contributed by atoms with E-state index in [0.29, 0.717) is 17.6 Å². The van der Waals surface area contributed by atoms with Gasteiger partial charge in [-0.25, -0.2) is 0 Å². The zero-order chi connectivity index (χ0) is 10.8. The highest BCUT2D eigenvalue weighted by Crippen LogP contribution is 2.27. The molecule has 2 rings (SSSR count). The van der Waals surface area contributed by atoms with Gasteiger partial charge in [-0.05, 0) is 38.8 Å². The van der Waals surface area contributed by atoms with Gasteiger partial charge in [-0.3, -0.25) is 0 Å². The van der Waals surface area contributed by atoms with Crippen LogP contribution in [0.4, 0.5) is 11.5 Å². The van der Waals surface area contributed by atoms with Gasteiger partial charge in [0.1, 0.15) is 5.82 Å². The molecule has 1 heterocycles. The van der Waals surface area contributed by atoms with Crippen LogP contribution in [0.5, 0.6) is 5.88 Å². The van der Waals surface area contributed by atoms with Crippen molar-refractivity contribution in [1.82, 2.24) is 4.98 Å². The fraction of sp³-hybridized carbons (Fsp3) is 0.545. The molecule has 1 fully saturated rings. The minimum absolute atomic E-state index is 0.0935. The van der Waals surface area contributed by atoms with Crippen LogP contribution >= 0.6 is 0 Å². The van der Waals surface area contributed by atoms with E-state index in [0.717, 1.165) is 5.82 Å². The van der Waals surface area contributed by atoms with E-state index < -0.39 is 0 Å². The summed E-state index contributed by atoms with van der Waals surface area (Å²) in [5.74, 6) is 1.37. The van der Waals surface area contributed by atoms with Crippen molar-refractivity contribution in [3.05, 3.63) is 12.1 Å². The smallest absolute Gasteiger partial charge is 0.239 e. The molecule has 0 spiro atoms. The second-order valence-corrected chi connectivity index (χ2v) is 4.18. The van der Waals surface area contributed by atoms with Crippen LogP contribution in [-0.2, 0) is 0 Å². The number of nitrogens with zero attached hydrogens (tertiary/aromatic N) is 1. The maximum absolute atomic E-state index is 5.77. The lowest BCUT2D eigenvalue weighted by Crippen LogP contribution is -2.10. The number of pyridine rings is 1. The summed E-state index contributed by atoms with van der Waals surface area (Å²) in [6.45, 7) is 3.92.